The molecule has 1 aliphatic rings. The highest BCUT2D eigenvalue weighted by molar-refractivity contribution is 4.89. The summed E-state index contributed by atoms with van der Waals surface area (Å²) in [7, 11) is 0. The lowest BCUT2D eigenvalue weighted by molar-refractivity contribution is -0.0937. The second-order valence-electron chi connectivity index (χ2n) is 9.10. The van der Waals surface area contributed by atoms with Crippen molar-refractivity contribution in [2.75, 3.05) is 19.8 Å². The van der Waals surface area contributed by atoms with Gasteiger partial charge in [0.1, 0.15) is 24.4 Å². The first-order valence-electron chi connectivity index (χ1n) is 13.1. The minimum absolute atomic E-state index is 0.149. The quantitative estimate of drug-likeness (QED) is 0.166. The number of aliphatic hydroxyl groups is 3. The summed E-state index contributed by atoms with van der Waals surface area (Å²) in [5.41, 5.74) is 0. The number of aliphatic hydroxyl groups excluding tert-OH is 3. The zero-order valence-corrected chi connectivity index (χ0v) is 20.1. The molecule has 184 valence electrons. The molecule has 1 fully saturated rings. The summed E-state index contributed by atoms with van der Waals surface area (Å²) in [5.74, 6) is 0. The van der Waals surface area contributed by atoms with Crippen molar-refractivity contribution in [2.24, 2.45) is 0 Å². The SMILES string of the molecule is CCCCCCCCCCCCC/C=C/CCCCCO[C@H]1[C@@H]([C@H](O)CO)OC[C@@H]1O. The number of unbranched alkanes of at least 4 members (excludes halogenated alkanes) is 14. The van der Waals surface area contributed by atoms with Gasteiger partial charge in [-0.2, -0.15) is 0 Å². The Morgan fingerprint density at radius 1 is 0.839 bits per heavy atom. The van der Waals surface area contributed by atoms with Gasteiger partial charge in [0.15, 0.2) is 0 Å². The third kappa shape index (κ3) is 14.3. The Balaban J connectivity index is 1.84. The smallest absolute Gasteiger partial charge is 0.114 e. The first-order valence-corrected chi connectivity index (χ1v) is 13.1. The van der Waals surface area contributed by atoms with Gasteiger partial charge in [0, 0.05) is 6.61 Å². The van der Waals surface area contributed by atoms with Crippen molar-refractivity contribution in [3.8, 4) is 0 Å². The Morgan fingerprint density at radius 2 is 1.35 bits per heavy atom. The topological polar surface area (TPSA) is 79.2 Å². The normalized spacial score (nSPS) is 22.5. The molecule has 0 radical (unpaired) electrons. The highest BCUT2D eigenvalue weighted by atomic mass is 16.6. The van der Waals surface area contributed by atoms with Crippen LogP contribution in [0, 0.1) is 0 Å². The fourth-order valence-electron chi connectivity index (χ4n) is 4.18. The monoisotopic (exact) mass is 442 g/mol. The van der Waals surface area contributed by atoms with E-state index < -0.39 is 24.4 Å². The predicted molar refractivity (Wildman–Crippen MR) is 127 cm³/mol. The summed E-state index contributed by atoms with van der Waals surface area (Å²) in [6, 6.07) is 0. The Hall–Kier alpha value is -0.460. The number of ether oxygens (including phenoxy) is 2. The second-order valence-corrected chi connectivity index (χ2v) is 9.10. The molecule has 4 atom stereocenters. The molecular weight excluding hydrogens is 392 g/mol. The lowest BCUT2D eigenvalue weighted by Crippen LogP contribution is -2.42. The van der Waals surface area contributed by atoms with Crippen molar-refractivity contribution in [3.63, 3.8) is 0 Å². The van der Waals surface area contributed by atoms with Crippen molar-refractivity contribution in [1.29, 1.82) is 0 Å². The van der Waals surface area contributed by atoms with E-state index in [0.29, 0.717) is 6.61 Å². The zero-order chi connectivity index (χ0) is 22.6. The van der Waals surface area contributed by atoms with Gasteiger partial charge in [0.25, 0.3) is 0 Å². The molecule has 5 heteroatoms. The van der Waals surface area contributed by atoms with Crippen molar-refractivity contribution in [2.45, 2.75) is 134 Å². The van der Waals surface area contributed by atoms with E-state index in [1.54, 1.807) is 0 Å². The molecule has 5 nitrogen and oxygen atoms in total. The highest BCUT2D eigenvalue weighted by Gasteiger charge is 2.40. The maximum atomic E-state index is 9.90. The minimum atomic E-state index is -1.01. The summed E-state index contributed by atoms with van der Waals surface area (Å²) in [5, 5.41) is 28.7. The molecule has 0 amide bonds. The van der Waals surface area contributed by atoms with Crippen LogP contribution >= 0.6 is 0 Å². The first-order chi connectivity index (χ1) is 15.2. The Kier molecular flexibility index (Phi) is 18.6. The second kappa shape index (κ2) is 20.2. The summed E-state index contributed by atoms with van der Waals surface area (Å²) < 4.78 is 11.0. The van der Waals surface area contributed by atoms with Crippen molar-refractivity contribution < 1.29 is 24.8 Å². The van der Waals surface area contributed by atoms with Crippen molar-refractivity contribution in [1.82, 2.24) is 0 Å². The Morgan fingerprint density at radius 3 is 1.90 bits per heavy atom. The lowest BCUT2D eigenvalue weighted by atomic mass is 10.1. The van der Waals surface area contributed by atoms with Gasteiger partial charge in [-0.1, -0.05) is 89.7 Å². The summed E-state index contributed by atoms with van der Waals surface area (Å²) in [6.07, 6.45) is 22.5. The summed E-state index contributed by atoms with van der Waals surface area (Å²) in [4.78, 5) is 0. The van der Waals surface area contributed by atoms with Crippen LogP contribution in [0.4, 0.5) is 0 Å². The molecule has 31 heavy (non-hydrogen) atoms. The van der Waals surface area contributed by atoms with E-state index in [2.05, 4.69) is 19.1 Å². The first kappa shape index (κ1) is 28.6. The molecule has 1 saturated heterocycles. The van der Waals surface area contributed by atoms with Gasteiger partial charge in [0.2, 0.25) is 0 Å². The fourth-order valence-corrected chi connectivity index (χ4v) is 4.18. The summed E-state index contributed by atoms with van der Waals surface area (Å²) in [6.45, 7) is 2.58. The molecule has 0 unspecified atom stereocenters. The molecule has 0 aromatic heterocycles. The minimum Gasteiger partial charge on any atom is -0.394 e. The van der Waals surface area contributed by atoms with Crippen LogP contribution in [0.15, 0.2) is 12.2 Å². The fraction of sp³-hybridized carbons (Fsp3) is 0.923. The van der Waals surface area contributed by atoms with Crippen LogP contribution < -0.4 is 0 Å². The van der Waals surface area contributed by atoms with Gasteiger partial charge in [-0.25, -0.2) is 0 Å². The van der Waals surface area contributed by atoms with E-state index in [1.165, 1.54) is 77.0 Å². The molecular formula is C26H50O5. The molecule has 0 saturated carbocycles. The van der Waals surface area contributed by atoms with Gasteiger partial charge in [-0.3, -0.25) is 0 Å². The van der Waals surface area contributed by atoms with Crippen LogP contribution in [0.5, 0.6) is 0 Å². The van der Waals surface area contributed by atoms with Crippen LogP contribution in [0.1, 0.15) is 110 Å². The van der Waals surface area contributed by atoms with Crippen LogP contribution in [-0.4, -0.2) is 59.6 Å². The van der Waals surface area contributed by atoms with Gasteiger partial charge < -0.3 is 24.8 Å². The number of rotatable bonds is 21. The van der Waals surface area contributed by atoms with Crippen molar-refractivity contribution >= 4 is 0 Å². The van der Waals surface area contributed by atoms with Gasteiger partial charge in [0.05, 0.1) is 13.2 Å². The van der Waals surface area contributed by atoms with E-state index >= 15 is 0 Å². The zero-order valence-electron chi connectivity index (χ0n) is 20.1. The molecule has 1 aliphatic heterocycles. The third-order valence-corrected chi connectivity index (χ3v) is 6.20. The largest absolute Gasteiger partial charge is 0.394 e. The highest BCUT2D eigenvalue weighted by Crippen LogP contribution is 2.21. The van der Waals surface area contributed by atoms with E-state index in [1.807, 2.05) is 0 Å². The predicted octanol–water partition coefficient (Wildman–Crippen LogP) is 5.30. The van der Waals surface area contributed by atoms with E-state index in [0.717, 1.165) is 25.7 Å². The molecule has 0 spiro atoms. The van der Waals surface area contributed by atoms with Crippen LogP contribution in [0.2, 0.25) is 0 Å². The molecule has 1 rings (SSSR count). The van der Waals surface area contributed by atoms with Crippen LogP contribution in [0.25, 0.3) is 0 Å². The maximum absolute atomic E-state index is 9.90. The van der Waals surface area contributed by atoms with Crippen LogP contribution in [0.3, 0.4) is 0 Å². The summed E-state index contributed by atoms with van der Waals surface area (Å²) >= 11 is 0. The molecule has 1 heterocycles. The Labute approximate surface area is 191 Å². The number of hydrogen-bond donors (Lipinski definition) is 3. The Bertz CT molecular complexity index is 415. The molecule has 3 N–H and O–H groups in total. The number of allylic oxidation sites excluding steroid dienone is 2. The van der Waals surface area contributed by atoms with E-state index in [4.69, 9.17) is 14.6 Å². The average Bonchev–Trinajstić information content (AvgIpc) is 3.15. The van der Waals surface area contributed by atoms with Gasteiger partial charge in [-0.05, 0) is 32.1 Å². The van der Waals surface area contributed by atoms with Crippen molar-refractivity contribution in [3.05, 3.63) is 12.2 Å². The molecule has 0 bridgehead atoms. The molecule has 0 aromatic carbocycles. The van der Waals surface area contributed by atoms with Gasteiger partial charge in [-0.15, -0.1) is 0 Å². The molecule has 0 aliphatic carbocycles. The lowest BCUT2D eigenvalue weighted by Gasteiger charge is -2.23. The molecule has 0 aromatic rings. The van der Waals surface area contributed by atoms with Gasteiger partial charge >= 0.3 is 0 Å². The third-order valence-electron chi connectivity index (χ3n) is 6.20. The van der Waals surface area contributed by atoms with E-state index in [-0.39, 0.29) is 13.2 Å². The van der Waals surface area contributed by atoms with E-state index in [9.17, 15) is 10.2 Å². The average molecular weight is 443 g/mol. The number of hydrogen-bond acceptors (Lipinski definition) is 5. The standard InChI is InChI=1S/C26H50O5/c1-2-3-4-5-6-7-8-9-10-11-12-13-14-15-16-17-18-19-20-30-26-24(29)22-31-25(26)23(28)21-27/h14-15,23-29H,2-13,16-22H2,1H3/b15-14+/t23-,24+,25-,26-/m1/s1. The maximum Gasteiger partial charge on any atom is 0.114 e. The van der Waals surface area contributed by atoms with Crippen LogP contribution in [-0.2, 0) is 9.47 Å².